The number of fused-ring (bicyclic) bond motifs is 1. The molecule has 0 atom stereocenters. The normalized spacial score (nSPS) is 11.6. The smallest absolute Gasteiger partial charge is 0.182 e. The van der Waals surface area contributed by atoms with Gasteiger partial charge in [0.25, 0.3) is 0 Å². The van der Waals surface area contributed by atoms with Crippen LogP contribution in [0, 0.1) is 19.7 Å². The number of hydrogen-bond acceptors (Lipinski definition) is 3. The number of halogens is 1. The van der Waals surface area contributed by atoms with Crippen LogP contribution in [0.4, 0.5) is 15.9 Å². The Bertz CT molecular complexity index is 805. The van der Waals surface area contributed by atoms with Gasteiger partial charge in [-0.05, 0) is 38.1 Å². The molecule has 0 bridgehead atoms. The van der Waals surface area contributed by atoms with Crippen molar-refractivity contribution in [2.24, 2.45) is 10.2 Å². The Balaban J connectivity index is 2.12. The molecule has 20 heavy (non-hydrogen) atoms. The van der Waals surface area contributed by atoms with Gasteiger partial charge in [0.05, 0.1) is 5.69 Å². The number of rotatable bonds is 2. The molecule has 0 fully saturated rings. The second-order valence-corrected chi connectivity index (χ2v) is 4.53. The van der Waals surface area contributed by atoms with E-state index in [0.29, 0.717) is 5.82 Å². The van der Waals surface area contributed by atoms with E-state index in [4.69, 9.17) is 0 Å². The Morgan fingerprint density at radius 1 is 1.00 bits per heavy atom. The van der Waals surface area contributed by atoms with Gasteiger partial charge in [-0.15, -0.1) is 10.2 Å². The zero-order chi connectivity index (χ0) is 14.1. The van der Waals surface area contributed by atoms with Gasteiger partial charge in [0, 0.05) is 5.69 Å². The summed E-state index contributed by atoms with van der Waals surface area (Å²) in [4.78, 5) is 4.42. The molecule has 2 aromatic heterocycles. The molecule has 0 unspecified atom stereocenters. The Hall–Kier alpha value is -2.56. The highest BCUT2D eigenvalue weighted by Crippen LogP contribution is 2.25. The fourth-order valence-electron chi connectivity index (χ4n) is 2.10. The molecule has 5 heteroatoms. The van der Waals surface area contributed by atoms with E-state index in [-0.39, 0.29) is 11.5 Å². The summed E-state index contributed by atoms with van der Waals surface area (Å²) >= 11 is 0. The highest BCUT2D eigenvalue weighted by molar-refractivity contribution is 5.53. The van der Waals surface area contributed by atoms with E-state index in [1.54, 1.807) is 18.2 Å². The first-order valence-corrected chi connectivity index (χ1v) is 6.28. The molecule has 4 nitrogen and oxygen atoms in total. The average Bonchev–Trinajstić information content (AvgIpc) is 2.75. The molecule has 3 rings (SSSR count). The first-order valence-electron chi connectivity index (χ1n) is 6.28. The molecular weight excluding hydrogens is 255 g/mol. The van der Waals surface area contributed by atoms with Crippen LogP contribution in [-0.2, 0) is 0 Å². The Labute approximate surface area is 115 Å². The quantitative estimate of drug-likeness (QED) is 0.631. The van der Waals surface area contributed by atoms with Crippen LogP contribution in [0.15, 0.2) is 52.7 Å². The van der Waals surface area contributed by atoms with Crippen molar-refractivity contribution >= 4 is 17.2 Å². The number of aryl methyl sites for hydroxylation is 2. The summed E-state index contributed by atoms with van der Waals surface area (Å²) in [5.74, 6) is 0.237. The van der Waals surface area contributed by atoms with Crippen LogP contribution in [0.5, 0.6) is 0 Å². The van der Waals surface area contributed by atoms with Gasteiger partial charge in [-0.1, -0.05) is 18.2 Å². The van der Waals surface area contributed by atoms with E-state index in [1.807, 2.05) is 36.4 Å². The minimum atomic E-state index is -0.389. The number of hydrogen-bond donors (Lipinski definition) is 0. The largest absolute Gasteiger partial charge is 0.280 e. The van der Waals surface area contributed by atoms with Crippen LogP contribution in [0.2, 0.25) is 0 Å². The number of nitrogens with zero attached hydrogens (tertiary/aromatic N) is 4. The summed E-state index contributed by atoms with van der Waals surface area (Å²) in [5, 5.41) is 8.16. The Morgan fingerprint density at radius 3 is 2.60 bits per heavy atom. The van der Waals surface area contributed by atoms with Crippen LogP contribution in [-0.4, -0.2) is 9.38 Å². The van der Waals surface area contributed by atoms with E-state index in [1.165, 1.54) is 6.07 Å². The zero-order valence-electron chi connectivity index (χ0n) is 11.2. The van der Waals surface area contributed by atoms with Crippen LogP contribution >= 0.6 is 0 Å². The van der Waals surface area contributed by atoms with Gasteiger partial charge in [-0.2, -0.15) is 0 Å². The molecule has 0 aliphatic rings. The molecular formula is C15H13FN4. The highest BCUT2D eigenvalue weighted by Gasteiger charge is 2.09. The maximum Gasteiger partial charge on any atom is 0.182 e. The summed E-state index contributed by atoms with van der Waals surface area (Å²) in [7, 11) is 0. The van der Waals surface area contributed by atoms with Crippen molar-refractivity contribution in [2.75, 3.05) is 0 Å². The van der Waals surface area contributed by atoms with Gasteiger partial charge >= 0.3 is 0 Å². The Morgan fingerprint density at radius 2 is 1.80 bits per heavy atom. The number of imidazole rings is 1. The molecule has 3 aromatic rings. The highest BCUT2D eigenvalue weighted by atomic mass is 19.1. The predicted molar refractivity (Wildman–Crippen MR) is 75.2 cm³/mol. The maximum atomic E-state index is 13.5. The second kappa shape index (κ2) is 4.85. The molecule has 0 spiro atoms. The Kier molecular flexibility index (Phi) is 3.02. The molecule has 2 heterocycles. The van der Waals surface area contributed by atoms with Gasteiger partial charge < -0.3 is 0 Å². The van der Waals surface area contributed by atoms with Crippen molar-refractivity contribution in [1.82, 2.24) is 9.38 Å². The average molecular weight is 268 g/mol. The van der Waals surface area contributed by atoms with Crippen molar-refractivity contribution < 1.29 is 4.39 Å². The third kappa shape index (κ3) is 2.07. The van der Waals surface area contributed by atoms with Crippen LogP contribution in [0.3, 0.4) is 0 Å². The third-order valence-corrected chi connectivity index (χ3v) is 3.09. The van der Waals surface area contributed by atoms with Crippen LogP contribution < -0.4 is 0 Å². The molecule has 0 saturated carbocycles. The lowest BCUT2D eigenvalue weighted by molar-refractivity contribution is 0.628. The van der Waals surface area contributed by atoms with Crippen molar-refractivity contribution in [3.8, 4) is 0 Å². The minimum absolute atomic E-state index is 0.218. The maximum absolute atomic E-state index is 13.5. The molecule has 100 valence electrons. The summed E-state index contributed by atoms with van der Waals surface area (Å²) < 4.78 is 15.4. The van der Waals surface area contributed by atoms with Gasteiger partial charge in [-0.25, -0.2) is 9.37 Å². The summed E-state index contributed by atoms with van der Waals surface area (Å²) in [5.41, 5.74) is 2.80. The topological polar surface area (TPSA) is 42.0 Å². The van der Waals surface area contributed by atoms with E-state index >= 15 is 0 Å². The molecule has 0 N–H and O–H groups in total. The van der Waals surface area contributed by atoms with Crippen molar-refractivity contribution in [3.63, 3.8) is 0 Å². The van der Waals surface area contributed by atoms with Crippen molar-refractivity contribution in [2.45, 2.75) is 13.8 Å². The fourth-order valence-corrected chi connectivity index (χ4v) is 2.10. The van der Waals surface area contributed by atoms with Crippen LogP contribution in [0.25, 0.3) is 5.65 Å². The molecule has 0 saturated heterocycles. The number of azo groups is 1. The molecule has 0 aliphatic carbocycles. The first kappa shape index (κ1) is 12.5. The fraction of sp³-hybridized carbons (Fsp3) is 0.133. The number of aromatic nitrogens is 2. The molecule has 0 radical (unpaired) electrons. The third-order valence-electron chi connectivity index (χ3n) is 3.09. The lowest BCUT2D eigenvalue weighted by atomic mass is 10.3. The summed E-state index contributed by atoms with van der Waals surface area (Å²) in [6.07, 6.45) is 0. The van der Waals surface area contributed by atoms with Crippen molar-refractivity contribution in [1.29, 1.82) is 0 Å². The van der Waals surface area contributed by atoms with Gasteiger partial charge in [0.15, 0.2) is 11.6 Å². The summed E-state index contributed by atoms with van der Waals surface area (Å²) in [6.45, 7) is 3.83. The zero-order valence-corrected chi connectivity index (χ0v) is 11.2. The van der Waals surface area contributed by atoms with Gasteiger partial charge in [-0.3, -0.25) is 4.40 Å². The van der Waals surface area contributed by atoms with Crippen LogP contribution in [0.1, 0.15) is 11.4 Å². The lowest BCUT2D eigenvalue weighted by Gasteiger charge is -2.01. The van der Waals surface area contributed by atoms with Gasteiger partial charge in [0.1, 0.15) is 11.3 Å². The molecule has 0 aliphatic heterocycles. The summed E-state index contributed by atoms with van der Waals surface area (Å²) in [6, 6.07) is 12.1. The number of pyridine rings is 1. The molecule has 1 aromatic carbocycles. The molecule has 0 amide bonds. The van der Waals surface area contributed by atoms with Gasteiger partial charge in [0.2, 0.25) is 0 Å². The first-order chi connectivity index (χ1) is 9.66. The predicted octanol–water partition coefficient (Wildman–Crippen LogP) is 4.51. The van der Waals surface area contributed by atoms with E-state index in [2.05, 4.69) is 15.2 Å². The SMILES string of the molecule is Cc1nc2cccc(C)n2c1N=Nc1ccccc1F. The standard InChI is InChI=1S/C15H13FN4/c1-10-6-5-9-14-17-11(2)15(20(10)14)19-18-13-8-4-3-7-12(13)16/h3-9H,1-2H3. The monoisotopic (exact) mass is 268 g/mol. The second-order valence-electron chi connectivity index (χ2n) is 4.53. The minimum Gasteiger partial charge on any atom is -0.280 e. The van der Waals surface area contributed by atoms with E-state index < -0.39 is 0 Å². The lowest BCUT2D eigenvalue weighted by Crippen LogP contribution is -1.89. The van der Waals surface area contributed by atoms with E-state index in [0.717, 1.165) is 17.0 Å². The van der Waals surface area contributed by atoms with E-state index in [9.17, 15) is 4.39 Å². The number of benzene rings is 1. The van der Waals surface area contributed by atoms with Crippen molar-refractivity contribution in [3.05, 3.63) is 59.7 Å².